The Hall–Kier alpha value is -1.07. The Morgan fingerprint density at radius 3 is 2.40 bits per heavy atom. The van der Waals surface area contributed by atoms with Crippen molar-refractivity contribution in [3.8, 4) is 0 Å². The number of thioether (sulfide) groups is 1. The van der Waals surface area contributed by atoms with Crippen LogP contribution in [0, 0.1) is 5.82 Å². The molecule has 1 saturated carbocycles. The lowest BCUT2D eigenvalue weighted by atomic mass is 9.83. The van der Waals surface area contributed by atoms with Crippen LogP contribution in [0.15, 0.2) is 24.3 Å². The number of carbonyl (C=O) groups is 1. The van der Waals surface area contributed by atoms with Gasteiger partial charge in [0.05, 0.1) is 5.41 Å². The lowest BCUT2D eigenvalue weighted by Crippen LogP contribution is -2.57. The predicted octanol–water partition coefficient (Wildman–Crippen LogP) is 3.58. The summed E-state index contributed by atoms with van der Waals surface area (Å²) >= 11 is 2.02. The smallest absolute Gasteiger partial charge is 0.230 e. The van der Waals surface area contributed by atoms with Crippen LogP contribution < -0.4 is 5.32 Å². The summed E-state index contributed by atoms with van der Waals surface area (Å²) in [5.41, 5.74) is 0.321. The number of hydrogen-bond donors (Lipinski definition) is 1. The third-order valence-corrected chi connectivity index (χ3v) is 6.87. The quantitative estimate of drug-likeness (QED) is 0.867. The van der Waals surface area contributed by atoms with E-state index in [0.717, 1.165) is 25.2 Å². The molecule has 2 fully saturated rings. The molecule has 3 rings (SSSR count). The van der Waals surface area contributed by atoms with Gasteiger partial charge in [0.15, 0.2) is 0 Å². The molecular formula is C20H29FN2OS. The van der Waals surface area contributed by atoms with Crippen LogP contribution >= 0.6 is 11.8 Å². The van der Waals surface area contributed by atoms with Gasteiger partial charge in [0.1, 0.15) is 5.82 Å². The fraction of sp³-hybridized carbons (Fsp3) is 0.650. The number of nitrogens with one attached hydrogen (secondary N) is 1. The molecule has 0 aromatic heterocycles. The Morgan fingerprint density at radius 2 is 1.80 bits per heavy atom. The molecule has 1 heterocycles. The van der Waals surface area contributed by atoms with Gasteiger partial charge in [-0.05, 0) is 44.4 Å². The van der Waals surface area contributed by atoms with Crippen LogP contribution in [0.1, 0.15) is 45.1 Å². The molecule has 0 atom stereocenters. The van der Waals surface area contributed by atoms with Gasteiger partial charge in [-0.1, -0.05) is 25.0 Å². The average Bonchev–Trinajstić information content (AvgIpc) is 3.11. The lowest BCUT2D eigenvalue weighted by Gasteiger charge is -2.44. The summed E-state index contributed by atoms with van der Waals surface area (Å²) in [7, 11) is 0. The highest BCUT2D eigenvalue weighted by molar-refractivity contribution is 7.99. The minimum Gasteiger partial charge on any atom is -0.353 e. The third kappa shape index (κ3) is 4.03. The second-order valence-corrected chi connectivity index (χ2v) is 9.07. The van der Waals surface area contributed by atoms with Crippen LogP contribution in [0.2, 0.25) is 0 Å². The normalized spacial score (nSPS) is 21.2. The number of rotatable bonds is 5. The van der Waals surface area contributed by atoms with Crippen LogP contribution in [0.25, 0.3) is 0 Å². The Bertz CT molecular complexity index is 590. The first kappa shape index (κ1) is 18.7. The van der Waals surface area contributed by atoms with E-state index in [1.54, 1.807) is 12.1 Å². The maximum atomic E-state index is 13.2. The first-order valence-corrected chi connectivity index (χ1v) is 10.5. The fourth-order valence-corrected chi connectivity index (χ4v) is 5.04. The molecule has 1 aromatic carbocycles. The first-order chi connectivity index (χ1) is 11.9. The van der Waals surface area contributed by atoms with Crippen molar-refractivity contribution in [3.63, 3.8) is 0 Å². The molecular weight excluding hydrogens is 335 g/mol. The number of carbonyl (C=O) groups excluding carboxylic acids is 1. The van der Waals surface area contributed by atoms with E-state index in [1.165, 1.54) is 49.3 Å². The molecule has 1 N–H and O–H groups in total. The van der Waals surface area contributed by atoms with Gasteiger partial charge in [-0.2, -0.15) is 11.8 Å². The zero-order chi connectivity index (χ0) is 17.9. The molecule has 1 amide bonds. The zero-order valence-corrected chi connectivity index (χ0v) is 16.1. The SMILES string of the molecule is CC(C)(C(=O)NCC1(N2CCSCC2)CCCC1)c1ccc(F)cc1. The van der Waals surface area contributed by atoms with Crippen LogP contribution in [-0.4, -0.2) is 47.5 Å². The molecule has 1 aliphatic carbocycles. The summed E-state index contributed by atoms with van der Waals surface area (Å²) in [6.45, 7) is 6.80. The summed E-state index contributed by atoms with van der Waals surface area (Å²) in [6.07, 6.45) is 4.85. The highest BCUT2D eigenvalue weighted by Gasteiger charge is 2.41. The van der Waals surface area contributed by atoms with E-state index in [0.29, 0.717) is 0 Å². The molecule has 1 aliphatic heterocycles. The molecule has 138 valence electrons. The number of amides is 1. The summed E-state index contributed by atoms with van der Waals surface area (Å²) in [6, 6.07) is 6.27. The van der Waals surface area contributed by atoms with E-state index < -0.39 is 5.41 Å². The largest absolute Gasteiger partial charge is 0.353 e. The van der Waals surface area contributed by atoms with Gasteiger partial charge in [0.2, 0.25) is 5.91 Å². The molecule has 0 unspecified atom stereocenters. The van der Waals surface area contributed by atoms with Gasteiger partial charge in [0.25, 0.3) is 0 Å². The molecule has 2 aliphatic rings. The van der Waals surface area contributed by atoms with E-state index in [2.05, 4.69) is 10.2 Å². The van der Waals surface area contributed by atoms with Gasteiger partial charge in [-0.15, -0.1) is 0 Å². The van der Waals surface area contributed by atoms with Crippen molar-refractivity contribution >= 4 is 17.7 Å². The molecule has 3 nitrogen and oxygen atoms in total. The maximum Gasteiger partial charge on any atom is 0.230 e. The van der Waals surface area contributed by atoms with E-state index >= 15 is 0 Å². The summed E-state index contributed by atoms with van der Waals surface area (Å²) in [5, 5.41) is 3.23. The Balaban J connectivity index is 1.67. The van der Waals surface area contributed by atoms with E-state index in [1.807, 2.05) is 25.6 Å². The molecule has 0 spiro atoms. The Morgan fingerprint density at radius 1 is 1.20 bits per heavy atom. The highest BCUT2D eigenvalue weighted by Crippen LogP contribution is 2.36. The van der Waals surface area contributed by atoms with Crippen LogP contribution in [-0.2, 0) is 10.2 Å². The van der Waals surface area contributed by atoms with Crippen molar-refractivity contribution in [3.05, 3.63) is 35.6 Å². The molecule has 0 radical (unpaired) electrons. The van der Waals surface area contributed by atoms with Crippen molar-refractivity contribution in [1.82, 2.24) is 10.2 Å². The first-order valence-electron chi connectivity index (χ1n) is 9.31. The molecule has 5 heteroatoms. The van der Waals surface area contributed by atoms with Crippen LogP contribution in [0.3, 0.4) is 0 Å². The molecule has 0 bridgehead atoms. The van der Waals surface area contributed by atoms with Gasteiger partial charge in [-0.3, -0.25) is 9.69 Å². The standard InChI is InChI=1S/C20H29FN2OS/c1-19(2,16-5-7-17(21)8-6-16)18(24)22-15-20(9-3-4-10-20)23-11-13-25-14-12-23/h5-8H,3-4,9-15H2,1-2H3,(H,22,24). The molecule has 1 aromatic rings. The van der Waals surface area contributed by atoms with Gasteiger partial charge < -0.3 is 5.32 Å². The second kappa shape index (κ2) is 7.67. The van der Waals surface area contributed by atoms with Gasteiger partial charge in [0, 0.05) is 36.7 Å². The fourth-order valence-electron chi connectivity index (χ4n) is 4.14. The number of nitrogens with zero attached hydrogens (tertiary/aromatic N) is 1. The maximum absolute atomic E-state index is 13.2. The number of halogens is 1. The summed E-state index contributed by atoms with van der Waals surface area (Å²) < 4.78 is 13.2. The second-order valence-electron chi connectivity index (χ2n) is 7.85. The molecule has 25 heavy (non-hydrogen) atoms. The molecule has 1 saturated heterocycles. The monoisotopic (exact) mass is 364 g/mol. The van der Waals surface area contributed by atoms with Crippen molar-refractivity contribution < 1.29 is 9.18 Å². The number of benzene rings is 1. The third-order valence-electron chi connectivity index (χ3n) is 5.93. The van der Waals surface area contributed by atoms with Crippen molar-refractivity contribution in [2.75, 3.05) is 31.1 Å². The average molecular weight is 365 g/mol. The summed E-state index contributed by atoms with van der Waals surface area (Å²) in [5.74, 6) is 2.14. The van der Waals surface area contributed by atoms with Gasteiger partial charge in [-0.25, -0.2) is 4.39 Å². The van der Waals surface area contributed by atoms with E-state index in [-0.39, 0.29) is 17.3 Å². The minimum atomic E-state index is -0.661. The minimum absolute atomic E-state index is 0.0248. The van der Waals surface area contributed by atoms with Crippen molar-refractivity contribution in [1.29, 1.82) is 0 Å². The van der Waals surface area contributed by atoms with Gasteiger partial charge >= 0.3 is 0 Å². The van der Waals surface area contributed by atoms with Crippen LogP contribution in [0.4, 0.5) is 4.39 Å². The van der Waals surface area contributed by atoms with Crippen molar-refractivity contribution in [2.24, 2.45) is 0 Å². The van der Waals surface area contributed by atoms with Crippen molar-refractivity contribution in [2.45, 2.75) is 50.5 Å². The van der Waals surface area contributed by atoms with Crippen LogP contribution in [0.5, 0.6) is 0 Å². The summed E-state index contributed by atoms with van der Waals surface area (Å²) in [4.78, 5) is 15.5. The Kier molecular flexibility index (Phi) is 5.74. The Labute approximate surface area is 154 Å². The highest BCUT2D eigenvalue weighted by atomic mass is 32.2. The zero-order valence-electron chi connectivity index (χ0n) is 15.3. The number of hydrogen-bond acceptors (Lipinski definition) is 3. The van der Waals surface area contributed by atoms with E-state index in [4.69, 9.17) is 0 Å². The predicted molar refractivity (Wildman–Crippen MR) is 103 cm³/mol. The topological polar surface area (TPSA) is 32.3 Å². The van der Waals surface area contributed by atoms with E-state index in [9.17, 15) is 9.18 Å². The lowest BCUT2D eigenvalue weighted by molar-refractivity contribution is -0.126.